The number of methoxy groups -OCH3 is 1. The van der Waals surface area contributed by atoms with Gasteiger partial charge in [0.1, 0.15) is 5.75 Å². The second-order valence-corrected chi connectivity index (χ2v) is 4.57. The Kier molecular flexibility index (Phi) is 6.37. The highest BCUT2D eigenvalue weighted by Crippen LogP contribution is 2.18. The van der Waals surface area contributed by atoms with Crippen LogP contribution in [0, 0.1) is 11.8 Å². The molecule has 1 unspecified atom stereocenters. The molecule has 1 aromatic carbocycles. The van der Waals surface area contributed by atoms with Crippen molar-refractivity contribution < 1.29 is 9.84 Å². The summed E-state index contributed by atoms with van der Waals surface area (Å²) in [6.45, 7) is 3.43. The first-order chi connectivity index (χ1) is 9.06. The Morgan fingerprint density at radius 1 is 1.47 bits per heavy atom. The molecule has 1 rings (SSSR count). The molecule has 19 heavy (non-hydrogen) atoms. The Balaban J connectivity index is 2.94. The van der Waals surface area contributed by atoms with Gasteiger partial charge in [-0.2, -0.15) is 0 Å². The SMILES string of the molecule is COc1ccc(C#CCN)c(CN(C)CC(C)O)c1. The number of aliphatic hydroxyl groups is 1. The highest BCUT2D eigenvalue weighted by molar-refractivity contribution is 5.45. The molecule has 0 radical (unpaired) electrons. The second-order valence-electron chi connectivity index (χ2n) is 4.57. The summed E-state index contributed by atoms with van der Waals surface area (Å²) in [5, 5.41) is 9.40. The molecule has 4 heteroatoms. The Morgan fingerprint density at radius 3 is 2.79 bits per heavy atom. The minimum absolute atomic E-state index is 0.342. The van der Waals surface area contributed by atoms with Gasteiger partial charge < -0.3 is 15.6 Å². The number of aliphatic hydroxyl groups excluding tert-OH is 1. The zero-order chi connectivity index (χ0) is 14.3. The maximum atomic E-state index is 9.40. The zero-order valence-corrected chi connectivity index (χ0v) is 11.8. The quantitative estimate of drug-likeness (QED) is 0.771. The number of ether oxygens (including phenoxy) is 1. The van der Waals surface area contributed by atoms with Crippen LogP contribution < -0.4 is 10.5 Å². The average molecular weight is 262 g/mol. The van der Waals surface area contributed by atoms with Crippen molar-refractivity contribution in [1.82, 2.24) is 4.90 Å². The lowest BCUT2D eigenvalue weighted by Crippen LogP contribution is -2.27. The summed E-state index contributed by atoms with van der Waals surface area (Å²) in [5.41, 5.74) is 7.43. The predicted molar refractivity (Wildman–Crippen MR) is 76.9 cm³/mol. The van der Waals surface area contributed by atoms with E-state index in [2.05, 4.69) is 11.8 Å². The minimum atomic E-state index is -0.353. The van der Waals surface area contributed by atoms with Gasteiger partial charge in [0.15, 0.2) is 0 Å². The molecule has 0 heterocycles. The number of benzene rings is 1. The third kappa shape index (κ3) is 5.31. The molecule has 1 atom stereocenters. The number of nitrogens with two attached hydrogens (primary N) is 1. The fourth-order valence-corrected chi connectivity index (χ4v) is 1.90. The number of hydrogen-bond acceptors (Lipinski definition) is 4. The topological polar surface area (TPSA) is 58.7 Å². The zero-order valence-electron chi connectivity index (χ0n) is 11.8. The fourth-order valence-electron chi connectivity index (χ4n) is 1.90. The van der Waals surface area contributed by atoms with Crippen LogP contribution >= 0.6 is 0 Å². The van der Waals surface area contributed by atoms with Gasteiger partial charge in [-0.05, 0) is 37.7 Å². The lowest BCUT2D eigenvalue weighted by atomic mass is 10.1. The molecule has 104 valence electrons. The Morgan fingerprint density at radius 2 is 2.21 bits per heavy atom. The van der Waals surface area contributed by atoms with Crippen LogP contribution in [0.1, 0.15) is 18.1 Å². The van der Waals surface area contributed by atoms with Crippen molar-refractivity contribution in [1.29, 1.82) is 0 Å². The average Bonchev–Trinajstić information content (AvgIpc) is 2.36. The molecule has 0 aliphatic carbocycles. The summed E-state index contributed by atoms with van der Waals surface area (Å²) in [5.74, 6) is 6.73. The normalized spacial score (nSPS) is 11.9. The highest BCUT2D eigenvalue weighted by Gasteiger charge is 2.08. The van der Waals surface area contributed by atoms with Gasteiger partial charge in [0.05, 0.1) is 19.8 Å². The fraction of sp³-hybridized carbons (Fsp3) is 0.467. The minimum Gasteiger partial charge on any atom is -0.497 e. The Hall–Kier alpha value is -1.54. The molecule has 3 N–H and O–H groups in total. The molecule has 0 aromatic heterocycles. The van der Waals surface area contributed by atoms with Gasteiger partial charge in [-0.15, -0.1) is 0 Å². The van der Waals surface area contributed by atoms with Crippen LogP contribution in [-0.2, 0) is 6.54 Å². The molecule has 0 saturated heterocycles. The molecule has 4 nitrogen and oxygen atoms in total. The number of rotatable bonds is 5. The third-order valence-corrected chi connectivity index (χ3v) is 2.65. The van der Waals surface area contributed by atoms with Gasteiger partial charge in [-0.1, -0.05) is 11.8 Å². The standard InChI is InChI=1S/C15H22N2O2/c1-12(18)10-17(2)11-14-9-15(19-3)7-6-13(14)5-4-8-16/h6-7,9,12,18H,8,10-11,16H2,1-3H3. The molecule has 0 aliphatic heterocycles. The van der Waals surface area contributed by atoms with Crippen LogP contribution in [0.5, 0.6) is 5.75 Å². The van der Waals surface area contributed by atoms with Crippen LogP contribution in [0.25, 0.3) is 0 Å². The molecule has 0 spiro atoms. The van der Waals surface area contributed by atoms with Crippen molar-refractivity contribution in [3.05, 3.63) is 29.3 Å². The van der Waals surface area contributed by atoms with E-state index in [9.17, 15) is 5.11 Å². The van der Waals surface area contributed by atoms with Crippen LogP contribution in [0.4, 0.5) is 0 Å². The molecular formula is C15H22N2O2. The molecule has 0 saturated carbocycles. The summed E-state index contributed by atoms with van der Waals surface area (Å²) in [7, 11) is 3.61. The van der Waals surface area contributed by atoms with E-state index in [4.69, 9.17) is 10.5 Å². The van der Waals surface area contributed by atoms with Gasteiger partial charge in [-0.3, -0.25) is 4.90 Å². The van der Waals surface area contributed by atoms with Crippen molar-refractivity contribution in [3.8, 4) is 17.6 Å². The molecule has 1 aromatic rings. The van der Waals surface area contributed by atoms with Crippen molar-refractivity contribution in [2.75, 3.05) is 27.2 Å². The van der Waals surface area contributed by atoms with Crippen LogP contribution in [-0.4, -0.2) is 43.4 Å². The summed E-state index contributed by atoms with van der Waals surface area (Å²) in [6.07, 6.45) is -0.353. The van der Waals surface area contributed by atoms with Crippen LogP contribution in [0.2, 0.25) is 0 Å². The third-order valence-electron chi connectivity index (χ3n) is 2.65. The molecule has 0 amide bonds. The maximum Gasteiger partial charge on any atom is 0.119 e. The monoisotopic (exact) mass is 262 g/mol. The smallest absolute Gasteiger partial charge is 0.119 e. The Labute approximate surface area is 115 Å². The Bertz CT molecular complexity index is 461. The molecule has 0 bridgehead atoms. The van der Waals surface area contributed by atoms with E-state index >= 15 is 0 Å². The molecule has 0 aliphatic rings. The van der Waals surface area contributed by atoms with Gasteiger partial charge in [-0.25, -0.2) is 0 Å². The maximum absolute atomic E-state index is 9.40. The van der Waals surface area contributed by atoms with Gasteiger partial charge in [0.25, 0.3) is 0 Å². The van der Waals surface area contributed by atoms with E-state index in [1.807, 2.05) is 30.1 Å². The predicted octanol–water partition coefficient (Wildman–Crippen LogP) is 0.818. The van der Waals surface area contributed by atoms with Crippen molar-refractivity contribution in [3.63, 3.8) is 0 Å². The first-order valence-electron chi connectivity index (χ1n) is 6.29. The molecular weight excluding hydrogens is 240 g/mol. The largest absolute Gasteiger partial charge is 0.497 e. The summed E-state index contributed by atoms with van der Waals surface area (Å²) < 4.78 is 5.24. The summed E-state index contributed by atoms with van der Waals surface area (Å²) in [4.78, 5) is 2.05. The van der Waals surface area contributed by atoms with Gasteiger partial charge >= 0.3 is 0 Å². The summed E-state index contributed by atoms with van der Waals surface area (Å²) in [6, 6.07) is 5.80. The lowest BCUT2D eigenvalue weighted by molar-refractivity contribution is 0.138. The van der Waals surface area contributed by atoms with Crippen molar-refractivity contribution in [2.24, 2.45) is 5.73 Å². The van der Waals surface area contributed by atoms with Gasteiger partial charge in [0.2, 0.25) is 0 Å². The van der Waals surface area contributed by atoms with E-state index < -0.39 is 0 Å². The van der Waals surface area contributed by atoms with E-state index in [0.717, 1.165) is 16.9 Å². The first-order valence-corrected chi connectivity index (χ1v) is 6.29. The lowest BCUT2D eigenvalue weighted by Gasteiger charge is -2.19. The van der Waals surface area contributed by atoms with Crippen LogP contribution in [0.3, 0.4) is 0 Å². The van der Waals surface area contributed by atoms with E-state index in [1.54, 1.807) is 14.0 Å². The van der Waals surface area contributed by atoms with Crippen molar-refractivity contribution in [2.45, 2.75) is 19.6 Å². The van der Waals surface area contributed by atoms with E-state index in [-0.39, 0.29) is 6.10 Å². The number of hydrogen-bond donors (Lipinski definition) is 2. The highest BCUT2D eigenvalue weighted by atomic mass is 16.5. The van der Waals surface area contributed by atoms with E-state index in [0.29, 0.717) is 19.6 Å². The number of likely N-dealkylation sites (N-methyl/N-ethyl adjacent to an activating group) is 1. The van der Waals surface area contributed by atoms with Crippen molar-refractivity contribution >= 4 is 0 Å². The first kappa shape index (κ1) is 15.5. The summed E-state index contributed by atoms with van der Waals surface area (Å²) >= 11 is 0. The number of nitrogens with zero attached hydrogens (tertiary/aromatic N) is 1. The van der Waals surface area contributed by atoms with Gasteiger partial charge in [0, 0.05) is 18.7 Å². The van der Waals surface area contributed by atoms with Crippen LogP contribution in [0.15, 0.2) is 18.2 Å². The second kappa shape index (κ2) is 7.80. The van der Waals surface area contributed by atoms with E-state index in [1.165, 1.54) is 0 Å². The molecule has 0 fully saturated rings.